The lowest BCUT2D eigenvalue weighted by Gasteiger charge is -2.17. The number of nitrogens with one attached hydrogen (secondary N) is 1. The molecule has 2 aromatic rings. The van der Waals surface area contributed by atoms with Crippen LogP contribution in [0.1, 0.15) is 36.6 Å². The molecule has 1 unspecified atom stereocenters. The van der Waals surface area contributed by atoms with E-state index in [0.717, 1.165) is 18.4 Å². The van der Waals surface area contributed by atoms with Crippen LogP contribution in [0, 0.1) is 5.92 Å². The van der Waals surface area contributed by atoms with Gasteiger partial charge in [0.2, 0.25) is 5.91 Å². The van der Waals surface area contributed by atoms with Gasteiger partial charge < -0.3 is 10.4 Å². The number of hydrogen-bond acceptors (Lipinski definition) is 4. The first-order valence-corrected chi connectivity index (χ1v) is 8.07. The third kappa shape index (κ3) is 3.59. The van der Waals surface area contributed by atoms with Crippen LogP contribution in [0.4, 0.5) is 5.82 Å². The normalized spacial score (nSPS) is 15.0. The van der Waals surface area contributed by atoms with Gasteiger partial charge in [-0.3, -0.25) is 9.48 Å². The van der Waals surface area contributed by atoms with E-state index in [1.165, 1.54) is 24.1 Å². The second-order valence-corrected chi connectivity index (χ2v) is 6.10. The summed E-state index contributed by atoms with van der Waals surface area (Å²) in [6, 6.07) is 3.40. The number of fused-ring (bicyclic) bond motifs is 1. The Morgan fingerprint density at radius 3 is 3.09 bits per heavy atom. The molecule has 1 aliphatic rings. The number of hydrogen-bond donors (Lipinski definition) is 2. The molecule has 2 N–H and O–H groups in total. The first kappa shape index (κ1) is 15.7. The molecule has 1 amide bonds. The number of carbonyl (C=O) groups excluding carboxylic acids is 1. The molecule has 0 spiro atoms. The summed E-state index contributed by atoms with van der Waals surface area (Å²) >= 11 is 0. The molecule has 0 aliphatic heterocycles. The molecule has 1 aliphatic carbocycles. The van der Waals surface area contributed by atoms with Gasteiger partial charge in [-0.25, -0.2) is 4.98 Å². The number of amides is 1. The Bertz CT molecular complexity index is 696. The molecule has 0 radical (unpaired) electrons. The van der Waals surface area contributed by atoms with Crippen molar-refractivity contribution in [3.05, 3.63) is 41.3 Å². The second kappa shape index (κ2) is 6.91. The lowest BCUT2D eigenvalue weighted by Crippen LogP contribution is -2.26. The summed E-state index contributed by atoms with van der Waals surface area (Å²) in [7, 11) is 0. The number of nitrogens with zero attached hydrogens (tertiary/aromatic N) is 3. The molecule has 6 heteroatoms. The fraction of sp³-hybridized carbons (Fsp3) is 0.471. The van der Waals surface area contributed by atoms with Gasteiger partial charge in [0.1, 0.15) is 5.82 Å². The topological polar surface area (TPSA) is 80.0 Å². The Morgan fingerprint density at radius 1 is 1.43 bits per heavy atom. The Balaban J connectivity index is 1.64. The number of aliphatic hydroxyl groups excluding tert-OH is 1. The van der Waals surface area contributed by atoms with E-state index >= 15 is 0 Å². The third-order valence-electron chi connectivity index (χ3n) is 4.30. The highest BCUT2D eigenvalue weighted by Gasteiger charge is 2.19. The van der Waals surface area contributed by atoms with Gasteiger partial charge in [-0.15, -0.1) is 0 Å². The Hall–Kier alpha value is -2.21. The zero-order valence-electron chi connectivity index (χ0n) is 13.3. The standard InChI is InChI=1S/C17H22N4O2/c1-12(10-21-15-5-3-2-4-14(15)9-19-21)17(23)20-16-8-13(11-22)6-7-18-16/h6-9,12,22H,2-5,10-11H2,1H3,(H,18,20,23). The maximum absolute atomic E-state index is 12.4. The molecule has 6 nitrogen and oxygen atoms in total. The van der Waals surface area contributed by atoms with E-state index in [-0.39, 0.29) is 18.4 Å². The fourth-order valence-electron chi connectivity index (χ4n) is 2.95. The first-order valence-electron chi connectivity index (χ1n) is 8.07. The van der Waals surface area contributed by atoms with Crippen LogP contribution in [0.5, 0.6) is 0 Å². The van der Waals surface area contributed by atoms with Gasteiger partial charge in [-0.05, 0) is 48.9 Å². The van der Waals surface area contributed by atoms with Crippen LogP contribution in [-0.4, -0.2) is 25.8 Å². The molecule has 0 saturated carbocycles. The molecule has 0 fully saturated rings. The van der Waals surface area contributed by atoms with Crippen molar-refractivity contribution in [1.82, 2.24) is 14.8 Å². The number of rotatable bonds is 5. The largest absolute Gasteiger partial charge is 0.392 e. The first-order chi connectivity index (χ1) is 11.2. The van der Waals surface area contributed by atoms with Crippen LogP contribution in [0.3, 0.4) is 0 Å². The molecule has 1 atom stereocenters. The predicted molar refractivity (Wildman–Crippen MR) is 86.8 cm³/mol. The molecule has 122 valence electrons. The number of aryl methyl sites for hydroxylation is 1. The molecule has 0 bridgehead atoms. The molecular formula is C17H22N4O2. The van der Waals surface area contributed by atoms with E-state index in [1.807, 2.05) is 17.8 Å². The lowest BCUT2D eigenvalue weighted by atomic mass is 9.98. The van der Waals surface area contributed by atoms with Crippen molar-refractivity contribution in [2.45, 2.75) is 45.8 Å². The summed E-state index contributed by atoms with van der Waals surface area (Å²) in [4.78, 5) is 16.5. The van der Waals surface area contributed by atoms with E-state index in [0.29, 0.717) is 12.4 Å². The number of aromatic nitrogens is 3. The van der Waals surface area contributed by atoms with E-state index in [1.54, 1.807) is 18.3 Å². The van der Waals surface area contributed by atoms with Crippen molar-refractivity contribution >= 4 is 11.7 Å². The molecule has 3 rings (SSSR count). The average molecular weight is 314 g/mol. The van der Waals surface area contributed by atoms with Gasteiger partial charge in [0.15, 0.2) is 0 Å². The van der Waals surface area contributed by atoms with Crippen molar-refractivity contribution in [3.8, 4) is 0 Å². The Labute approximate surface area is 135 Å². The summed E-state index contributed by atoms with van der Waals surface area (Å²) in [5.41, 5.74) is 3.32. The van der Waals surface area contributed by atoms with Crippen LogP contribution in [0.2, 0.25) is 0 Å². The van der Waals surface area contributed by atoms with E-state index in [9.17, 15) is 4.79 Å². The third-order valence-corrected chi connectivity index (χ3v) is 4.30. The SMILES string of the molecule is CC(Cn1ncc2c1CCCC2)C(=O)Nc1cc(CO)ccn1. The summed E-state index contributed by atoms with van der Waals surface area (Å²) in [5, 5.41) is 16.4. The van der Waals surface area contributed by atoms with Crippen LogP contribution in [0.25, 0.3) is 0 Å². The average Bonchev–Trinajstić information content (AvgIpc) is 2.98. The highest BCUT2D eigenvalue weighted by molar-refractivity contribution is 5.91. The Morgan fingerprint density at radius 2 is 2.26 bits per heavy atom. The van der Waals surface area contributed by atoms with Crippen molar-refractivity contribution in [3.63, 3.8) is 0 Å². The molecular weight excluding hydrogens is 292 g/mol. The minimum absolute atomic E-state index is 0.0691. The maximum atomic E-state index is 12.4. The highest BCUT2D eigenvalue weighted by Crippen LogP contribution is 2.21. The molecule has 23 heavy (non-hydrogen) atoms. The van der Waals surface area contributed by atoms with Gasteiger partial charge in [0.25, 0.3) is 0 Å². The maximum Gasteiger partial charge on any atom is 0.230 e. The minimum Gasteiger partial charge on any atom is -0.392 e. The van der Waals surface area contributed by atoms with Gasteiger partial charge in [-0.2, -0.15) is 5.10 Å². The Kier molecular flexibility index (Phi) is 4.71. The van der Waals surface area contributed by atoms with Gasteiger partial charge >= 0.3 is 0 Å². The second-order valence-electron chi connectivity index (χ2n) is 6.10. The minimum atomic E-state index is -0.208. The molecule has 2 heterocycles. The zero-order valence-corrected chi connectivity index (χ0v) is 13.3. The van der Waals surface area contributed by atoms with Crippen molar-refractivity contribution < 1.29 is 9.90 Å². The van der Waals surface area contributed by atoms with Crippen LogP contribution < -0.4 is 5.32 Å². The summed E-state index contributed by atoms with van der Waals surface area (Å²) in [5.74, 6) is 0.170. The zero-order chi connectivity index (χ0) is 16.2. The van der Waals surface area contributed by atoms with Crippen LogP contribution >= 0.6 is 0 Å². The van der Waals surface area contributed by atoms with Crippen molar-refractivity contribution in [2.24, 2.45) is 5.92 Å². The molecule has 2 aromatic heterocycles. The quantitative estimate of drug-likeness (QED) is 0.883. The molecule has 0 aromatic carbocycles. The number of carbonyl (C=O) groups is 1. The summed E-state index contributed by atoms with van der Waals surface area (Å²) < 4.78 is 1.97. The van der Waals surface area contributed by atoms with E-state index in [4.69, 9.17) is 5.11 Å². The van der Waals surface area contributed by atoms with E-state index < -0.39 is 0 Å². The number of aliphatic hydroxyl groups is 1. The lowest BCUT2D eigenvalue weighted by molar-refractivity contribution is -0.119. The van der Waals surface area contributed by atoms with Gasteiger partial charge in [0.05, 0.1) is 25.3 Å². The molecule has 0 saturated heterocycles. The summed E-state index contributed by atoms with van der Waals surface area (Å²) in [6.45, 7) is 2.39. The predicted octanol–water partition coefficient (Wildman–Crippen LogP) is 1.92. The van der Waals surface area contributed by atoms with Gasteiger partial charge in [0, 0.05) is 11.9 Å². The van der Waals surface area contributed by atoms with Crippen LogP contribution in [-0.2, 0) is 30.8 Å². The van der Waals surface area contributed by atoms with Crippen LogP contribution in [0.15, 0.2) is 24.5 Å². The van der Waals surface area contributed by atoms with Crippen molar-refractivity contribution in [2.75, 3.05) is 5.32 Å². The fourth-order valence-corrected chi connectivity index (χ4v) is 2.95. The number of anilines is 1. The highest BCUT2D eigenvalue weighted by atomic mass is 16.3. The van der Waals surface area contributed by atoms with Crippen molar-refractivity contribution in [1.29, 1.82) is 0 Å². The monoisotopic (exact) mass is 314 g/mol. The summed E-state index contributed by atoms with van der Waals surface area (Å²) in [6.07, 6.45) is 8.07. The van der Waals surface area contributed by atoms with Gasteiger partial charge in [-0.1, -0.05) is 6.92 Å². The van der Waals surface area contributed by atoms with E-state index in [2.05, 4.69) is 15.4 Å². The smallest absolute Gasteiger partial charge is 0.230 e. The number of pyridine rings is 1.